The number of rotatable bonds is 8. The molecule has 3 rings (SSSR count). The van der Waals surface area contributed by atoms with Crippen molar-refractivity contribution in [2.24, 2.45) is 0 Å². The fraction of sp³-hybridized carbons (Fsp3) is 0.158. The standard InChI is InChI=1S/C19H16Cl3N3OS/c1-2-9-25-18(11-26-17-8-7-15(21)10-16(17)22)23-24-19(25)27-12-13-3-5-14(20)6-4-13/h2-8,10H,1,9,11-12H2. The van der Waals surface area contributed by atoms with Crippen LogP contribution in [0.5, 0.6) is 5.75 Å². The number of hydrogen-bond acceptors (Lipinski definition) is 4. The first-order valence-corrected chi connectivity index (χ1v) is 10.2. The minimum atomic E-state index is 0.240. The maximum Gasteiger partial charge on any atom is 0.191 e. The summed E-state index contributed by atoms with van der Waals surface area (Å²) < 4.78 is 7.75. The molecule has 0 unspecified atom stereocenters. The number of aromatic nitrogens is 3. The molecule has 0 aliphatic rings. The van der Waals surface area contributed by atoms with E-state index >= 15 is 0 Å². The third-order valence-corrected chi connectivity index (χ3v) is 5.46. The van der Waals surface area contributed by atoms with Crippen molar-refractivity contribution < 1.29 is 4.74 Å². The summed E-state index contributed by atoms with van der Waals surface area (Å²) in [6.45, 7) is 4.64. The Balaban J connectivity index is 1.70. The molecule has 0 aliphatic carbocycles. The molecule has 3 aromatic rings. The van der Waals surface area contributed by atoms with Gasteiger partial charge in [0.2, 0.25) is 0 Å². The van der Waals surface area contributed by atoms with Gasteiger partial charge in [-0.25, -0.2) is 0 Å². The third-order valence-electron chi connectivity index (χ3n) is 3.64. The Labute approximate surface area is 177 Å². The highest BCUT2D eigenvalue weighted by atomic mass is 35.5. The highest BCUT2D eigenvalue weighted by molar-refractivity contribution is 7.98. The molecule has 0 saturated carbocycles. The van der Waals surface area contributed by atoms with E-state index in [0.717, 1.165) is 21.5 Å². The summed E-state index contributed by atoms with van der Waals surface area (Å²) in [5, 5.41) is 11.1. The van der Waals surface area contributed by atoms with Crippen LogP contribution in [-0.4, -0.2) is 14.8 Å². The molecule has 0 saturated heterocycles. The predicted molar refractivity (Wildman–Crippen MR) is 112 cm³/mol. The number of benzene rings is 2. The number of nitrogens with zero attached hydrogens (tertiary/aromatic N) is 3. The maximum atomic E-state index is 6.15. The van der Waals surface area contributed by atoms with Crippen LogP contribution in [0.15, 0.2) is 60.3 Å². The molecule has 2 aromatic carbocycles. The quantitative estimate of drug-likeness (QED) is 0.304. The van der Waals surface area contributed by atoms with Crippen LogP contribution in [0.3, 0.4) is 0 Å². The average molecular weight is 441 g/mol. The van der Waals surface area contributed by atoms with Gasteiger partial charge in [-0.2, -0.15) is 0 Å². The Hall–Kier alpha value is -1.66. The molecular weight excluding hydrogens is 425 g/mol. The van der Waals surface area contributed by atoms with Crippen molar-refractivity contribution in [1.82, 2.24) is 14.8 Å². The smallest absolute Gasteiger partial charge is 0.191 e. The molecule has 4 nitrogen and oxygen atoms in total. The summed E-state index contributed by atoms with van der Waals surface area (Å²) in [4.78, 5) is 0. The maximum absolute atomic E-state index is 6.15. The van der Waals surface area contributed by atoms with Crippen molar-refractivity contribution in [3.05, 3.63) is 81.6 Å². The largest absolute Gasteiger partial charge is 0.484 e. The van der Waals surface area contributed by atoms with Crippen LogP contribution < -0.4 is 4.74 Å². The number of halogens is 3. The van der Waals surface area contributed by atoms with Gasteiger partial charge in [-0.05, 0) is 35.9 Å². The molecular formula is C19H16Cl3N3OS. The zero-order valence-electron chi connectivity index (χ0n) is 14.2. The Morgan fingerprint density at radius 1 is 1.04 bits per heavy atom. The van der Waals surface area contributed by atoms with E-state index in [1.165, 1.54) is 0 Å². The molecule has 1 aromatic heterocycles. The van der Waals surface area contributed by atoms with Gasteiger partial charge in [-0.1, -0.05) is 64.8 Å². The molecule has 0 N–H and O–H groups in total. The van der Waals surface area contributed by atoms with E-state index in [2.05, 4.69) is 16.8 Å². The van der Waals surface area contributed by atoms with Crippen LogP contribution in [0.25, 0.3) is 0 Å². The highest BCUT2D eigenvalue weighted by Crippen LogP contribution is 2.29. The van der Waals surface area contributed by atoms with E-state index in [9.17, 15) is 0 Å². The van der Waals surface area contributed by atoms with Crippen molar-refractivity contribution in [1.29, 1.82) is 0 Å². The third kappa shape index (κ3) is 5.42. The van der Waals surface area contributed by atoms with Crippen molar-refractivity contribution in [2.45, 2.75) is 24.1 Å². The number of ether oxygens (including phenoxy) is 1. The topological polar surface area (TPSA) is 39.9 Å². The molecule has 140 valence electrons. The second kappa shape index (κ2) is 9.51. The van der Waals surface area contributed by atoms with E-state index in [-0.39, 0.29) is 6.61 Å². The zero-order valence-corrected chi connectivity index (χ0v) is 17.3. The molecule has 0 spiro atoms. The molecule has 0 radical (unpaired) electrons. The Bertz CT molecular complexity index is 928. The summed E-state index contributed by atoms with van der Waals surface area (Å²) >= 11 is 19.6. The summed E-state index contributed by atoms with van der Waals surface area (Å²) in [5.41, 5.74) is 1.16. The Kier molecular flexibility index (Phi) is 7.07. The number of allylic oxidation sites excluding steroid dienone is 1. The minimum absolute atomic E-state index is 0.240. The van der Waals surface area contributed by atoms with Crippen LogP contribution in [0.4, 0.5) is 0 Å². The molecule has 0 amide bonds. The SMILES string of the molecule is C=CCn1c(COc2ccc(Cl)cc2Cl)nnc1SCc1ccc(Cl)cc1. The van der Waals surface area contributed by atoms with Crippen molar-refractivity contribution in [3.63, 3.8) is 0 Å². The van der Waals surface area contributed by atoms with E-state index in [1.807, 2.05) is 28.8 Å². The van der Waals surface area contributed by atoms with Crippen molar-refractivity contribution in [2.75, 3.05) is 0 Å². The zero-order chi connectivity index (χ0) is 19.2. The molecule has 8 heteroatoms. The van der Waals surface area contributed by atoms with Gasteiger partial charge >= 0.3 is 0 Å². The van der Waals surface area contributed by atoms with Gasteiger partial charge in [0.25, 0.3) is 0 Å². The van der Waals surface area contributed by atoms with Crippen molar-refractivity contribution in [3.8, 4) is 5.75 Å². The Morgan fingerprint density at radius 2 is 1.78 bits per heavy atom. The van der Waals surface area contributed by atoms with E-state index in [1.54, 1.807) is 36.0 Å². The monoisotopic (exact) mass is 439 g/mol. The van der Waals surface area contributed by atoms with Crippen LogP contribution in [0.1, 0.15) is 11.4 Å². The first kappa shape index (κ1) is 20.1. The molecule has 0 bridgehead atoms. The molecule has 0 atom stereocenters. The van der Waals surface area contributed by atoms with E-state index < -0.39 is 0 Å². The average Bonchev–Trinajstić information content (AvgIpc) is 3.03. The molecule has 0 aliphatic heterocycles. The number of hydrogen-bond donors (Lipinski definition) is 0. The van der Waals surface area contributed by atoms with Gasteiger partial charge in [-0.3, -0.25) is 4.57 Å². The second-order valence-corrected chi connectivity index (χ2v) is 7.80. The minimum Gasteiger partial charge on any atom is -0.484 e. The van der Waals surface area contributed by atoms with Crippen molar-refractivity contribution >= 4 is 46.6 Å². The highest BCUT2D eigenvalue weighted by Gasteiger charge is 2.13. The van der Waals surface area contributed by atoms with Crippen LogP contribution in [0.2, 0.25) is 15.1 Å². The summed E-state index contributed by atoms with van der Waals surface area (Å²) in [6, 6.07) is 12.8. The molecule has 1 heterocycles. The molecule has 27 heavy (non-hydrogen) atoms. The lowest BCUT2D eigenvalue weighted by atomic mass is 10.2. The van der Waals surface area contributed by atoms with Gasteiger partial charge in [0.05, 0.1) is 5.02 Å². The lowest BCUT2D eigenvalue weighted by molar-refractivity contribution is 0.289. The van der Waals surface area contributed by atoms with Gasteiger partial charge in [0.15, 0.2) is 11.0 Å². The summed E-state index contributed by atoms with van der Waals surface area (Å²) in [5.74, 6) is 2.00. The van der Waals surface area contributed by atoms with Crippen LogP contribution >= 0.6 is 46.6 Å². The van der Waals surface area contributed by atoms with Gasteiger partial charge < -0.3 is 4.74 Å². The van der Waals surface area contributed by atoms with Gasteiger partial charge in [0, 0.05) is 22.3 Å². The first-order valence-electron chi connectivity index (χ1n) is 8.05. The summed E-state index contributed by atoms with van der Waals surface area (Å²) in [6.07, 6.45) is 1.80. The molecule has 0 fully saturated rings. The Morgan fingerprint density at radius 3 is 2.48 bits per heavy atom. The van der Waals surface area contributed by atoms with Gasteiger partial charge in [-0.15, -0.1) is 16.8 Å². The van der Waals surface area contributed by atoms with Crippen LogP contribution in [0, 0.1) is 0 Å². The fourth-order valence-corrected chi connectivity index (χ4v) is 3.82. The second-order valence-electron chi connectivity index (χ2n) is 5.58. The fourth-order valence-electron chi connectivity index (χ4n) is 2.31. The predicted octanol–water partition coefficient (Wildman–Crippen LogP) is 6.30. The van der Waals surface area contributed by atoms with E-state index in [4.69, 9.17) is 39.5 Å². The first-order chi connectivity index (χ1) is 13.1. The lowest BCUT2D eigenvalue weighted by Gasteiger charge is -2.10. The summed E-state index contributed by atoms with van der Waals surface area (Å²) in [7, 11) is 0. The van der Waals surface area contributed by atoms with Crippen LogP contribution in [-0.2, 0) is 18.9 Å². The normalized spacial score (nSPS) is 10.8. The lowest BCUT2D eigenvalue weighted by Crippen LogP contribution is -2.07. The number of thioether (sulfide) groups is 1. The van der Waals surface area contributed by atoms with E-state index in [0.29, 0.717) is 28.2 Å². The van der Waals surface area contributed by atoms with Gasteiger partial charge in [0.1, 0.15) is 12.4 Å².